The van der Waals surface area contributed by atoms with Crippen molar-refractivity contribution in [2.24, 2.45) is 0 Å². The molecule has 1 atom stereocenters. The highest BCUT2D eigenvalue weighted by Crippen LogP contribution is 2.30. The van der Waals surface area contributed by atoms with Gasteiger partial charge in [0.25, 0.3) is 0 Å². The molecule has 0 fully saturated rings. The second-order valence-electron chi connectivity index (χ2n) is 4.78. The fourth-order valence-corrected chi connectivity index (χ4v) is 2.38. The Hall–Kier alpha value is -2.46. The highest BCUT2D eigenvalue weighted by atomic mass is 16.3. The molecule has 1 aromatic carbocycles. The minimum Gasteiger partial charge on any atom is -0.398 e. The van der Waals surface area contributed by atoms with Crippen LogP contribution in [0.3, 0.4) is 0 Å². The topological polar surface area (TPSA) is 72.0 Å². The SMILES string of the molecule is Cc1cc(C(O)c2cnccc2N)c2ccccc2n1. The van der Waals surface area contributed by atoms with E-state index < -0.39 is 6.10 Å². The lowest BCUT2D eigenvalue weighted by atomic mass is 9.97. The lowest BCUT2D eigenvalue weighted by Gasteiger charge is -2.16. The zero-order valence-corrected chi connectivity index (χ0v) is 11.1. The Kier molecular flexibility index (Phi) is 3.08. The number of pyridine rings is 2. The fourth-order valence-electron chi connectivity index (χ4n) is 2.38. The normalized spacial score (nSPS) is 12.5. The number of aliphatic hydroxyl groups excluding tert-OH is 1. The lowest BCUT2D eigenvalue weighted by molar-refractivity contribution is 0.222. The van der Waals surface area contributed by atoms with Crippen molar-refractivity contribution >= 4 is 16.6 Å². The van der Waals surface area contributed by atoms with Crippen LogP contribution >= 0.6 is 0 Å². The molecule has 3 aromatic rings. The van der Waals surface area contributed by atoms with Gasteiger partial charge in [0.2, 0.25) is 0 Å². The molecular formula is C16H15N3O. The number of anilines is 1. The van der Waals surface area contributed by atoms with Crippen molar-refractivity contribution in [3.63, 3.8) is 0 Å². The van der Waals surface area contributed by atoms with Gasteiger partial charge in [-0.15, -0.1) is 0 Å². The lowest BCUT2D eigenvalue weighted by Crippen LogP contribution is -2.06. The molecule has 1 unspecified atom stereocenters. The molecule has 0 spiro atoms. The molecule has 0 amide bonds. The summed E-state index contributed by atoms with van der Waals surface area (Å²) in [5.74, 6) is 0. The summed E-state index contributed by atoms with van der Waals surface area (Å²) < 4.78 is 0. The summed E-state index contributed by atoms with van der Waals surface area (Å²) in [6, 6.07) is 11.3. The van der Waals surface area contributed by atoms with Crippen LogP contribution < -0.4 is 5.73 Å². The van der Waals surface area contributed by atoms with Crippen LogP contribution in [0.1, 0.15) is 22.9 Å². The minimum absolute atomic E-state index is 0.533. The summed E-state index contributed by atoms with van der Waals surface area (Å²) in [5.41, 5.74) is 9.60. The zero-order valence-electron chi connectivity index (χ0n) is 11.1. The number of rotatable bonds is 2. The first-order valence-electron chi connectivity index (χ1n) is 6.40. The molecule has 0 aliphatic heterocycles. The van der Waals surface area contributed by atoms with Crippen molar-refractivity contribution in [1.82, 2.24) is 9.97 Å². The standard InChI is InChI=1S/C16H15N3O/c1-10-8-12(11-4-2-3-5-15(11)19-10)16(20)13-9-18-7-6-14(13)17/h2-9,16,20H,1H3,(H2,17,18). The maximum atomic E-state index is 10.6. The van der Waals surface area contributed by atoms with E-state index in [4.69, 9.17) is 5.73 Å². The number of fused-ring (bicyclic) bond motifs is 1. The van der Waals surface area contributed by atoms with Crippen LogP contribution in [0.5, 0.6) is 0 Å². The highest BCUT2D eigenvalue weighted by molar-refractivity contribution is 5.83. The van der Waals surface area contributed by atoms with Gasteiger partial charge in [0.1, 0.15) is 6.10 Å². The Morgan fingerprint density at radius 2 is 1.95 bits per heavy atom. The monoisotopic (exact) mass is 265 g/mol. The van der Waals surface area contributed by atoms with Gasteiger partial charge in [0.15, 0.2) is 0 Å². The molecule has 0 saturated carbocycles. The Bertz CT molecular complexity index is 771. The van der Waals surface area contributed by atoms with Crippen LogP contribution in [0.2, 0.25) is 0 Å². The number of nitrogens with zero attached hydrogens (tertiary/aromatic N) is 2. The quantitative estimate of drug-likeness (QED) is 0.747. The number of para-hydroxylation sites is 1. The summed E-state index contributed by atoms with van der Waals surface area (Å²) in [5, 5.41) is 11.6. The molecule has 100 valence electrons. The number of aryl methyl sites for hydroxylation is 1. The van der Waals surface area contributed by atoms with Gasteiger partial charge in [-0.05, 0) is 30.7 Å². The predicted octanol–water partition coefficient (Wildman–Crippen LogP) is 2.60. The smallest absolute Gasteiger partial charge is 0.108 e. The van der Waals surface area contributed by atoms with E-state index in [9.17, 15) is 5.11 Å². The number of nitrogen functional groups attached to an aromatic ring is 1. The number of nitrogens with two attached hydrogens (primary N) is 1. The first kappa shape index (κ1) is 12.6. The van der Waals surface area contributed by atoms with Gasteiger partial charge in [-0.2, -0.15) is 0 Å². The van der Waals surface area contributed by atoms with Gasteiger partial charge >= 0.3 is 0 Å². The third-order valence-corrected chi connectivity index (χ3v) is 3.35. The van der Waals surface area contributed by atoms with E-state index in [2.05, 4.69) is 9.97 Å². The molecule has 3 N–H and O–H groups in total. The molecule has 2 heterocycles. The van der Waals surface area contributed by atoms with E-state index in [1.165, 1.54) is 0 Å². The average molecular weight is 265 g/mol. The molecule has 0 aliphatic rings. The van der Waals surface area contributed by atoms with Gasteiger partial charge in [0, 0.05) is 34.7 Å². The average Bonchev–Trinajstić information content (AvgIpc) is 2.46. The predicted molar refractivity (Wildman–Crippen MR) is 79.2 cm³/mol. The molecular weight excluding hydrogens is 250 g/mol. The van der Waals surface area contributed by atoms with E-state index in [-0.39, 0.29) is 0 Å². The van der Waals surface area contributed by atoms with Crippen LogP contribution in [-0.4, -0.2) is 15.1 Å². The number of aliphatic hydroxyl groups is 1. The van der Waals surface area contributed by atoms with Crippen LogP contribution in [0.15, 0.2) is 48.8 Å². The van der Waals surface area contributed by atoms with Gasteiger partial charge in [-0.1, -0.05) is 18.2 Å². The van der Waals surface area contributed by atoms with E-state index in [0.717, 1.165) is 22.2 Å². The van der Waals surface area contributed by atoms with Crippen molar-refractivity contribution in [2.45, 2.75) is 13.0 Å². The van der Waals surface area contributed by atoms with Gasteiger partial charge < -0.3 is 10.8 Å². The fraction of sp³-hybridized carbons (Fsp3) is 0.125. The van der Waals surface area contributed by atoms with E-state index in [0.29, 0.717) is 11.3 Å². The first-order chi connectivity index (χ1) is 9.66. The van der Waals surface area contributed by atoms with Crippen LogP contribution in [0, 0.1) is 6.92 Å². The van der Waals surface area contributed by atoms with E-state index in [1.54, 1.807) is 18.5 Å². The molecule has 0 aliphatic carbocycles. The molecule has 0 bridgehead atoms. The number of hydrogen-bond donors (Lipinski definition) is 2. The van der Waals surface area contributed by atoms with Gasteiger partial charge in [-0.25, -0.2) is 0 Å². The van der Waals surface area contributed by atoms with Crippen LogP contribution in [-0.2, 0) is 0 Å². The summed E-state index contributed by atoms with van der Waals surface area (Å²) in [7, 11) is 0. The zero-order chi connectivity index (χ0) is 14.1. The second-order valence-corrected chi connectivity index (χ2v) is 4.78. The molecule has 4 nitrogen and oxygen atoms in total. The molecule has 0 radical (unpaired) electrons. The molecule has 4 heteroatoms. The van der Waals surface area contributed by atoms with E-state index in [1.807, 2.05) is 37.3 Å². The summed E-state index contributed by atoms with van der Waals surface area (Å²) >= 11 is 0. The molecule has 20 heavy (non-hydrogen) atoms. The summed E-state index contributed by atoms with van der Waals surface area (Å²) in [4.78, 5) is 8.52. The Morgan fingerprint density at radius 3 is 2.75 bits per heavy atom. The van der Waals surface area contributed by atoms with E-state index >= 15 is 0 Å². The Labute approximate surface area is 116 Å². The van der Waals surface area contributed by atoms with Crippen molar-refractivity contribution in [2.75, 3.05) is 5.73 Å². The van der Waals surface area contributed by atoms with Crippen molar-refractivity contribution in [3.05, 3.63) is 65.6 Å². The van der Waals surface area contributed by atoms with Crippen LogP contribution in [0.4, 0.5) is 5.69 Å². The molecule has 3 rings (SSSR count). The number of aromatic nitrogens is 2. The Morgan fingerprint density at radius 1 is 1.15 bits per heavy atom. The van der Waals surface area contributed by atoms with Gasteiger partial charge in [0.05, 0.1) is 5.52 Å². The molecule has 2 aromatic heterocycles. The largest absolute Gasteiger partial charge is 0.398 e. The van der Waals surface area contributed by atoms with Crippen LogP contribution in [0.25, 0.3) is 10.9 Å². The Balaban J connectivity index is 2.21. The second kappa shape index (κ2) is 4.90. The molecule has 0 saturated heterocycles. The number of hydrogen-bond acceptors (Lipinski definition) is 4. The maximum Gasteiger partial charge on any atom is 0.108 e. The third kappa shape index (κ3) is 2.10. The first-order valence-corrected chi connectivity index (χ1v) is 6.40. The van der Waals surface area contributed by atoms with Gasteiger partial charge in [-0.3, -0.25) is 9.97 Å². The van der Waals surface area contributed by atoms with Crippen molar-refractivity contribution in [3.8, 4) is 0 Å². The summed E-state index contributed by atoms with van der Waals surface area (Å²) in [6.07, 6.45) is 2.40. The maximum absolute atomic E-state index is 10.6. The third-order valence-electron chi connectivity index (χ3n) is 3.35. The number of benzene rings is 1. The minimum atomic E-state index is -0.810. The van der Waals surface area contributed by atoms with Crippen molar-refractivity contribution in [1.29, 1.82) is 0 Å². The van der Waals surface area contributed by atoms with Crippen molar-refractivity contribution < 1.29 is 5.11 Å². The highest BCUT2D eigenvalue weighted by Gasteiger charge is 2.17. The summed E-state index contributed by atoms with van der Waals surface area (Å²) in [6.45, 7) is 1.91.